The van der Waals surface area contributed by atoms with Crippen molar-refractivity contribution in [3.05, 3.63) is 0 Å². The summed E-state index contributed by atoms with van der Waals surface area (Å²) in [5, 5.41) is 8.87. The van der Waals surface area contributed by atoms with E-state index >= 15 is 0 Å². The Morgan fingerprint density at radius 3 is 2.70 bits per heavy atom. The van der Waals surface area contributed by atoms with Crippen molar-refractivity contribution in [1.29, 1.82) is 0 Å². The predicted octanol–water partition coefficient (Wildman–Crippen LogP) is -1.03. The maximum Gasteiger partial charge on any atom is 0.0895 e. The third-order valence-corrected chi connectivity index (χ3v) is 1.01. The van der Waals surface area contributed by atoms with Gasteiger partial charge in [0, 0.05) is 13.7 Å². The van der Waals surface area contributed by atoms with Crippen LogP contribution in [0.1, 0.15) is 0 Å². The largest absolute Gasteiger partial charge is 0.389 e. The molecule has 0 heterocycles. The lowest BCUT2D eigenvalue weighted by molar-refractivity contribution is 0.0168. The van der Waals surface area contributed by atoms with Crippen molar-refractivity contribution in [2.75, 3.05) is 33.5 Å². The van der Waals surface area contributed by atoms with E-state index < -0.39 is 6.10 Å². The van der Waals surface area contributed by atoms with Gasteiger partial charge < -0.3 is 20.3 Å². The minimum absolute atomic E-state index is 0.243. The van der Waals surface area contributed by atoms with Gasteiger partial charge in [-0.15, -0.1) is 0 Å². The lowest BCUT2D eigenvalue weighted by atomic mass is 10.4. The zero-order chi connectivity index (χ0) is 7.82. The van der Waals surface area contributed by atoms with E-state index in [1.54, 1.807) is 7.11 Å². The molecule has 0 spiro atoms. The topological polar surface area (TPSA) is 64.7 Å². The molecule has 0 aromatic heterocycles. The highest BCUT2D eigenvalue weighted by atomic mass is 16.5. The fourth-order valence-corrected chi connectivity index (χ4v) is 0.430. The van der Waals surface area contributed by atoms with Crippen molar-refractivity contribution in [2.24, 2.45) is 5.73 Å². The Morgan fingerprint density at radius 1 is 1.50 bits per heavy atom. The quantitative estimate of drug-likeness (QED) is 0.474. The summed E-state index contributed by atoms with van der Waals surface area (Å²) in [6.07, 6.45) is -0.545. The molecule has 1 atom stereocenters. The maximum absolute atomic E-state index is 8.87. The predicted molar refractivity (Wildman–Crippen MR) is 37.8 cm³/mol. The highest BCUT2D eigenvalue weighted by molar-refractivity contribution is 4.51. The van der Waals surface area contributed by atoms with Crippen LogP contribution in [0.25, 0.3) is 0 Å². The zero-order valence-electron chi connectivity index (χ0n) is 6.25. The Hall–Kier alpha value is -0.160. The Morgan fingerprint density at radius 2 is 2.20 bits per heavy atom. The summed E-state index contributed by atoms with van der Waals surface area (Å²) < 4.78 is 9.69. The second-order valence-corrected chi connectivity index (χ2v) is 1.96. The van der Waals surface area contributed by atoms with E-state index in [0.29, 0.717) is 19.8 Å². The molecule has 0 fully saturated rings. The maximum atomic E-state index is 8.87. The van der Waals surface area contributed by atoms with Crippen molar-refractivity contribution in [3.63, 3.8) is 0 Å². The van der Waals surface area contributed by atoms with Gasteiger partial charge in [0.25, 0.3) is 0 Å². The summed E-state index contributed by atoms with van der Waals surface area (Å²) >= 11 is 0. The second-order valence-electron chi connectivity index (χ2n) is 1.96. The minimum Gasteiger partial charge on any atom is -0.389 e. The first-order chi connectivity index (χ1) is 4.81. The number of nitrogens with two attached hydrogens (primary N) is 1. The third kappa shape index (κ3) is 5.97. The smallest absolute Gasteiger partial charge is 0.0895 e. The highest BCUT2D eigenvalue weighted by Gasteiger charge is 1.98. The summed E-state index contributed by atoms with van der Waals surface area (Å²) in [6, 6.07) is 0. The SMILES string of the molecule is COCCOCC(O)CN. The van der Waals surface area contributed by atoms with Gasteiger partial charge in [-0.1, -0.05) is 0 Å². The Kier molecular flexibility index (Phi) is 6.84. The number of hydrogen-bond acceptors (Lipinski definition) is 4. The molecule has 10 heavy (non-hydrogen) atoms. The third-order valence-electron chi connectivity index (χ3n) is 1.01. The fourth-order valence-electron chi connectivity index (χ4n) is 0.430. The van der Waals surface area contributed by atoms with Gasteiger partial charge in [0.15, 0.2) is 0 Å². The molecule has 0 aliphatic carbocycles. The van der Waals surface area contributed by atoms with Crippen LogP contribution >= 0.6 is 0 Å². The molecule has 0 aliphatic heterocycles. The summed E-state index contributed by atoms with van der Waals surface area (Å²) in [6.45, 7) is 1.59. The van der Waals surface area contributed by atoms with Gasteiger partial charge in [0.2, 0.25) is 0 Å². The normalized spacial score (nSPS) is 13.5. The van der Waals surface area contributed by atoms with Gasteiger partial charge in [-0.05, 0) is 0 Å². The number of aliphatic hydroxyl groups excluding tert-OH is 1. The molecule has 0 bridgehead atoms. The van der Waals surface area contributed by atoms with E-state index in [0.717, 1.165) is 0 Å². The molecule has 0 rings (SSSR count). The standard InChI is InChI=1S/C6H15NO3/c1-9-2-3-10-5-6(8)4-7/h6,8H,2-5,7H2,1H3. The molecule has 0 saturated heterocycles. The zero-order valence-corrected chi connectivity index (χ0v) is 6.25. The van der Waals surface area contributed by atoms with E-state index in [1.165, 1.54) is 0 Å². The lowest BCUT2D eigenvalue weighted by Crippen LogP contribution is -2.25. The molecular formula is C6H15NO3. The Bertz CT molecular complexity index is 70.0. The molecule has 0 aromatic carbocycles. The Balaban J connectivity index is 2.89. The van der Waals surface area contributed by atoms with Crippen LogP contribution in [0.15, 0.2) is 0 Å². The molecule has 0 aromatic rings. The molecule has 0 amide bonds. The van der Waals surface area contributed by atoms with E-state index in [-0.39, 0.29) is 6.54 Å². The monoisotopic (exact) mass is 149 g/mol. The summed E-state index contributed by atoms with van der Waals surface area (Å²) in [4.78, 5) is 0. The van der Waals surface area contributed by atoms with Crippen LogP contribution in [-0.2, 0) is 9.47 Å². The van der Waals surface area contributed by atoms with Crippen LogP contribution in [0.5, 0.6) is 0 Å². The van der Waals surface area contributed by atoms with E-state index in [2.05, 4.69) is 0 Å². The first-order valence-electron chi connectivity index (χ1n) is 3.26. The molecule has 4 heteroatoms. The molecule has 3 N–H and O–H groups in total. The molecular weight excluding hydrogens is 134 g/mol. The number of aliphatic hydroxyl groups is 1. The summed E-state index contributed by atoms with van der Waals surface area (Å²) in [5.41, 5.74) is 5.13. The second kappa shape index (κ2) is 6.95. The molecule has 62 valence electrons. The molecule has 0 aliphatic rings. The number of rotatable bonds is 6. The minimum atomic E-state index is -0.545. The van der Waals surface area contributed by atoms with Crippen molar-refractivity contribution >= 4 is 0 Å². The van der Waals surface area contributed by atoms with Crippen molar-refractivity contribution < 1.29 is 14.6 Å². The Labute approximate surface area is 60.9 Å². The van der Waals surface area contributed by atoms with Crippen molar-refractivity contribution in [2.45, 2.75) is 6.10 Å². The number of ether oxygens (including phenoxy) is 2. The van der Waals surface area contributed by atoms with Crippen LogP contribution in [0.3, 0.4) is 0 Å². The van der Waals surface area contributed by atoms with Gasteiger partial charge in [-0.2, -0.15) is 0 Å². The molecule has 4 nitrogen and oxygen atoms in total. The highest BCUT2D eigenvalue weighted by Crippen LogP contribution is 1.81. The average Bonchev–Trinajstić information content (AvgIpc) is 1.98. The first kappa shape index (κ1) is 9.84. The molecule has 0 radical (unpaired) electrons. The number of methoxy groups -OCH3 is 1. The van der Waals surface area contributed by atoms with Crippen LogP contribution < -0.4 is 5.73 Å². The van der Waals surface area contributed by atoms with Gasteiger partial charge in [-0.25, -0.2) is 0 Å². The van der Waals surface area contributed by atoms with Gasteiger partial charge >= 0.3 is 0 Å². The van der Waals surface area contributed by atoms with E-state index in [9.17, 15) is 0 Å². The van der Waals surface area contributed by atoms with Crippen LogP contribution in [0.2, 0.25) is 0 Å². The van der Waals surface area contributed by atoms with Gasteiger partial charge in [0.05, 0.1) is 25.9 Å². The van der Waals surface area contributed by atoms with E-state index in [1.807, 2.05) is 0 Å². The summed E-state index contributed by atoms with van der Waals surface area (Å²) in [7, 11) is 1.60. The van der Waals surface area contributed by atoms with Gasteiger partial charge in [-0.3, -0.25) is 0 Å². The lowest BCUT2D eigenvalue weighted by Gasteiger charge is -2.07. The van der Waals surface area contributed by atoms with Crippen molar-refractivity contribution in [1.82, 2.24) is 0 Å². The van der Waals surface area contributed by atoms with Crippen LogP contribution in [-0.4, -0.2) is 44.7 Å². The summed E-state index contributed by atoms with van der Waals surface area (Å²) in [5.74, 6) is 0. The molecule has 0 saturated carbocycles. The van der Waals surface area contributed by atoms with Crippen molar-refractivity contribution in [3.8, 4) is 0 Å². The average molecular weight is 149 g/mol. The van der Waals surface area contributed by atoms with Crippen LogP contribution in [0, 0.1) is 0 Å². The van der Waals surface area contributed by atoms with Gasteiger partial charge in [0.1, 0.15) is 0 Å². The van der Waals surface area contributed by atoms with Crippen LogP contribution in [0.4, 0.5) is 0 Å². The fraction of sp³-hybridized carbons (Fsp3) is 1.00. The number of hydrogen-bond donors (Lipinski definition) is 2. The molecule has 1 unspecified atom stereocenters. The first-order valence-corrected chi connectivity index (χ1v) is 3.26. The van der Waals surface area contributed by atoms with E-state index in [4.69, 9.17) is 20.3 Å².